The van der Waals surface area contributed by atoms with E-state index in [1.54, 1.807) is 13.2 Å². The summed E-state index contributed by atoms with van der Waals surface area (Å²) in [6, 6.07) is 0.537. The summed E-state index contributed by atoms with van der Waals surface area (Å²) < 4.78 is 1.88. The molecule has 1 atom stereocenters. The molecular formula is C12H19BrN4O. The molecule has 1 aromatic heterocycles. The standard InChI is InChI=1S/C12H19BrN4O/c1-16-6-4-3-5-9(16)7-14-10-8-15-17(2)12(18)11(10)13/h8-9,14H,3-7H2,1-2H3. The zero-order chi connectivity index (χ0) is 13.1. The van der Waals surface area contributed by atoms with Crippen LogP contribution < -0.4 is 10.9 Å². The molecule has 0 bridgehead atoms. The SMILES string of the molecule is CN1CCCCC1CNc1cnn(C)c(=O)c1Br. The Morgan fingerprint density at radius 2 is 2.28 bits per heavy atom. The van der Waals surface area contributed by atoms with Crippen LogP contribution in [0.1, 0.15) is 19.3 Å². The molecule has 5 nitrogen and oxygen atoms in total. The first kappa shape index (κ1) is 13.5. The molecular weight excluding hydrogens is 296 g/mol. The summed E-state index contributed by atoms with van der Waals surface area (Å²) in [4.78, 5) is 14.1. The van der Waals surface area contributed by atoms with Crippen LogP contribution in [0.15, 0.2) is 15.5 Å². The van der Waals surface area contributed by atoms with Crippen LogP contribution in [0.4, 0.5) is 5.69 Å². The van der Waals surface area contributed by atoms with Crippen molar-refractivity contribution in [2.45, 2.75) is 25.3 Å². The number of aromatic nitrogens is 2. The molecule has 1 aliphatic rings. The van der Waals surface area contributed by atoms with Gasteiger partial charge in [-0.25, -0.2) is 4.68 Å². The summed E-state index contributed by atoms with van der Waals surface area (Å²) in [7, 11) is 3.80. The molecule has 100 valence electrons. The number of piperidine rings is 1. The van der Waals surface area contributed by atoms with Gasteiger partial charge >= 0.3 is 0 Å². The third kappa shape index (κ3) is 2.92. The first-order valence-electron chi connectivity index (χ1n) is 6.25. The molecule has 6 heteroatoms. The van der Waals surface area contributed by atoms with Gasteiger partial charge in [-0.05, 0) is 42.4 Å². The van der Waals surface area contributed by atoms with Gasteiger partial charge < -0.3 is 10.2 Å². The molecule has 0 aliphatic carbocycles. The Morgan fingerprint density at radius 3 is 3.00 bits per heavy atom. The number of aryl methyl sites for hydroxylation is 1. The topological polar surface area (TPSA) is 50.2 Å². The van der Waals surface area contributed by atoms with Crippen molar-refractivity contribution in [1.29, 1.82) is 0 Å². The van der Waals surface area contributed by atoms with E-state index in [1.165, 1.54) is 23.9 Å². The average molecular weight is 315 g/mol. The van der Waals surface area contributed by atoms with Crippen LogP contribution in [-0.4, -0.2) is 40.9 Å². The summed E-state index contributed by atoms with van der Waals surface area (Å²) in [6.07, 6.45) is 5.46. The van der Waals surface area contributed by atoms with Crippen LogP contribution in [0, 0.1) is 0 Å². The van der Waals surface area contributed by atoms with E-state index in [2.05, 4.69) is 38.3 Å². The third-order valence-corrected chi connectivity index (χ3v) is 4.29. The van der Waals surface area contributed by atoms with E-state index >= 15 is 0 Å². The quantitative estimate of drug-likeness (QED) is 0.917. The van der Waals surface area contributed by atoms with E-state index in [1.807, 2.05) is 0 Å². The number of hydrogen-bond donors (Lipinski definition) is 1. The van der Waals surface area contributed by atoms with E-state index in [-0.39, 0.29) is 5.56 Å². The number of hydrogen-bond acceptors (Lipinski definition) is 4. The normalized spacial score (nSPS) is 20.9. The molecule has 1 N–H and O–H groups in total. The molecule has 0 aromatic carbocycles. The fourth-order valence-corrected chi connectivity index (χ4v) is 2.76. The molecule has 1 aliphatic heterocycles. The zero-order valence-corrected chi connectivity index (χ0v) is 12.4. The van der Waals surface area contributed by atoms with Gasteiger partial charge in [0.25, 0.3) is 5.56 Å². The van der Waals surface area contributed by atoms with E-state index in [0.29, 0.717) is 10.5 Å². The van der Waals surface area contributed by atoms with Gasteiger partial charge in [0.1, 0.15) is 4.47 Å². The van der Waals surface area contributed by atoms with E-state index in [9.17, 15) is 4.79 Å². The summed E-state index contributed by atoms with van der Waals surface area (Å²) in [5.41, 5.74) is 0.661. The van der Waals surface area contributed by atoms with Crippen molar-refractivity contribution in [2.75, 3.05) is 25.5 Å². The summed E-state index contributed by atoms with van der Waals surface area (Å²) in [5, 5.41) is 7.34. The van der Waals surface area contributed by atoms with Crippen LogP contribution in [0.25, 0.3) is 0 Å². The van der Waals surface area contributed by atoms with Crippen LogP contribution in [-0.2, 0) is 7.05 Å². The van der Waals surface area contributed by atoms with Crippen LogP contribution in [0.5, 0.6) is 0 Å². The van der Waals surface area contributed by atoms with Crippen molar-refractivity contribution < 1.29 is 0 Å². The number of halogens is 1. The lowest BCUT2D eigenvalue weighted by molar-refractivity contribution is 0.194. The lowest BCUT2D eigenvalue weighted by Crippen LogP contribution is -2.41. The molecule has 1 fully saturated rings. The highest BCUT2D eigenvalue weighted by Gasteiger charge is 2.19. The van der Waals surface area contributed by atoms with Crippen molar-refractivity contribution in [1.82, 2.24) is 14.7 Å². The Morgan fingerprint density at radius 1 is 1.50 bits per heavy atom. The number of nitrogens with one attached hydrogen (secondary N) is 1. The number of nitrogens with zero attached hydrogens (tertiary/aromatic N) is 3. The molecule has 0 saturated carbocycles. The van der Waals surface area contributed by atoms with Gasteiger partial charge in [0.2, 0.25) is 0 Å². The highest BCUT2D eigenvalue weighted by molar-refractivity contribution is 9.10. The minimum Gasteiger partial charge on any atom is -0.381 e. The number of likely N-dealkylation sites (N-methyl/N-ethyl adjacent to an activating group) is 1. The molecule has 2 rings (SSSR count). The molecule has 18 heavy (non-hydrogen) atoms. The van der Waals surface area contributed by atoms with E-state index in [4.69, 9.17) is 0 Å². The smallest absolute Gasteiger partial charge is 0.282 e. The second kappa shape index (κ2) is 5.84. The third-order valence-electron chi connectivity index (χ3n) is 3.53. The molecule has 2 heterocycles. The van der Waals surface area contributed by atoms with Crippen LogP contribution in [0.3, 0.4) is 0 Å². The Bertz CT molecular complexity index is 474. The Balaban J connectivity index is 2.02. The maximum Gasteiger partial charge on any atom is 0.282 e. The van der Waals surface area contributed by atoms with Gasteiger partial charge in [-0.15, -0.1) is 0 Å². The summed E-state index contributed by atoms with van der Waals surface area (Å²) in [6.45, 7) is 2.01. The van der Waals surface area contributed by atoms with Crippen molar-refractivity contribution >= 4 is 21.6 Å². The first-order valence-corrected chi connectivity index (χ1v) is 7.05. The van der Waals surface area contributed by atoms with Gasteiger partial charge in [-0.2, -0.15) is 5.10 Å². The van der Waals surface area contributed by atoms with Gasteiger partial charge in [0.05, 0.1) is 11.9 Å². The number of anilines is 1. The fraction of sp³-hybridized carbons (Fsp3) is 0.667. The van der Waals surface area contributed by atoms with E-state index < -0.39 is 0 Å². The number of rotatable bonds is 3. The van der Waals surface area contributed by atoms with Crippen molar-refractivity contribution in [3.8, 4) is 0 Å². The molecule has 1 unspecified atom stereocenters. The minimum atomic E-state index is -0.114. The predicted molar refractivity (Wildman–Crippen MR) is 75.9 cm³/mol. The largest absolute Gasteiger partial charge is 0.381 e. The average Bonchev–Trinajstić information content (AvgIpc) is 2.37. The lowest BCUT2D eigenvalue weighted by Gasteiger charge is -2.32. The van der Waals surface area contributed by atoms with Crippen LogP contribution in [0.2, 0.25) is 0 Å². The minimum absolute atomic E-state index is 0.114. The molecule has 0 radical (unpaired) electrons. The molecule has 1 aromatic rings. The predicted octanol–water partition coefficient (Wildman–Crippen LogP) is 1.44. The molecule has 0 amide bonds. The molecule has 0 spiro atoms. The maximum atomic E-state index is 11.7. The molecule has 1 saturated heterocycles. The van der Waals surface area contributed by atoms with Gasteiger partial charge in [0.15, 0.2) is 0 Å². The van der Waals surface area contributed by atoms with Crippen LogP contribution >= 0.6 is 15.9 Å². The van der Waals surface area contributed by atoms with E-state index in [0.717, 1.165) is 18.8 Å². The van der Waals surface area contributed by atoms with Crippen molar-refractivity contribution in [2.24, 2.45) is 7.05 Å². The maximum absolute atomic E-state index is 11.7. The Kier molecular flexibility index (Phi) is 4.40. The zero-order valence-electron chi connectivity index (χ0n) is 10.8. The van der Waals surface area contributed by atoms with Gasteiger partial charge in [0, 0.05) is 19.6 Å². The highest BCUT2D eigenvalue weighted by Crippen LogP contribution is 2.19. The first-order chi connectivity index (χ1) is 8.59. The Labute approximate surface area is 115 Å². The van der Waals surface area contributed by atoms with Gasteiger partial charge in [-0.3, -0.25) is 4.79 Å². The lowest BCUT2D eigenvalue weighted by atomic mass is 10.0. The fourth-order valence-electron chi connectivity index (χ4n) is 2.26. The Hall–Kier alpha value is -0.880. The monoisotopic (exact) mass is 314 g/mol. The second-order valence-electron chi connectivity index (χ2n) is 4.81. The highest BCUT2D eigenvalue weighted by atomic mass is 79.9. The summed E-state index contributed by atoms with van der Waals surface area (Å²) >= 11 is 3.32. The van der Waals surface area contributed by atoms with Crippen molar-refractivity contribution in [3.05, 3.63) is 21.0 Å². The summed E-state index contributed by atoms with van der Waals surface area (Å²) in [5.74, 6) is 0. The van der Waals surface area contributed by atoms with Gasteiger partial charge in [-0.1, -0.05) is 6.42 Å². The second-order valence-corrected chi connectivity index (χ2v) is 5.61. The number of likely N-dealkylation sites (tertiary alicyclic amines) is 1. The van der Waals surface area contributed by atoms with Crippen molar-refractivity contribution in [3.63, 3.8) is 0 Å².